The van der Waals surface area contributed by atoms with Crippen molar-refractivity contribution in [2.45, 2.75) is 72.2 Å². The molecule has 1 amide bonds. The van der Waals surface area contributed by atoms with Crippen LogP contribution in [0.25, 0.3) is 0 Å². The average Bonchev–Trinajstić information content (AvgIpc) is 3.28. The first-order chi connectivity index (χ1) is 15.6. The van der Waals surface area contributed by atoms with Crippen LogP contribution < -0.4 is 10.1 Å². The van der Waals surface area contributed by atoms with Gasteiger partial charge in [0.05, 0.1) is 11.4 Å². The number of ether oxygens (including phenoxy) is 1. The average molecular weight is 488 g/mol. The van der Waals surface area contributed by atoms with Crippen LogP contribution in [-0.2, 0) is 11.3 Å². The maximum Gasteiger partial charge on any atom is 0.236 e. The zero-order valence-electron chi connectivity index (χ0n) is 20.4. The van der Waals surface area contributed by atoms with Gasteiger partial charge < -0.3 is 14.6 Å². The van der Waals surface area contributed by atoms with E-state index in [2.05, 4.69) is 64.9 Å². The van der Waals surface area contributed by atoms with Gasteiger partial charge in [0, 0.05) is 11.4 Å². The number of carbonyl (C=O) groups excluding carboxylic acids is 1. The molecule has 0 aliphatic rings. The summed E-state index contributed by atoms with van der Waals surface area (Å²) < 4.78 is 8.23. The van der Waals surface area contributed by atoms with Crippen LogP contribution in [0.1, 0.15) is 68.6 Å². The van der Waals surface area contributed by atoms with E-state index >= 15 is 0 Å². The number of anilines is 1. The maximum absolute atomic E-state index is 12.4. The first kappa shape index (κ1) is 25.2. The van der Waals surface area contributed by atoms with Crippen molar-refractivity contribution in [3.8, 4) is 5.75 Å². The van der Waals surface area contributed by atoms with Crippen LogP contribution in [0, 0.1) is 19.8 Å². The predicted molar refractivity (Wildman–Crippen MR) is 135 cm³/mol. The largest absolute Gasteiger partial charge is 0.483 e. The van der Waals surface area contributed by atoms with E-state index in [0.717, 1.165) is 28.7 Å². The molecule has 3 aromatic rings. The lowest BCUT2D eigenvalue weighted by atomic mass is 10.0. The van der Waals surface area contributed by atoms with Gasteiger partial charge in [-0.1, -0.05) is 51.6 Å². The number of hydrogen-bond acceptors (Lipinski definition) is 7. The number of aryl methyl sites for hydroxylation is 2. The molecular formula is C24H33N5O2S2. The number of nitrogens with one attached hydrogen (secondary N) is 1. The number of benzene rings is 1. The summed E-state index contributed by atoms with van der Waals surface area (Å²) in [5, 5.41) is 13.0. The highest BCUT2D eigenvalue weighted by Gasteiger charge is 2.21. The minimum absolute atomic E-state index is 0.107. The number of aromatic nitrogens is 4. The maximum atomic E-state index is 12.4. The summed E-state index contributed by atoms with van der Waals surface area (Å²) in [5.41, 5.74) is 2.22. The molecule has 1 N–H and O–H groups in total. The Hall–Kier alpha value is -2.39. The molecule has 0 aliphatic carbocycles. The van der Waals surface area contributed by atoms with Gasteiger partial charge >= 0.3 is 0 Å². The minimum Gasteiger partial charge on any atom is -0.483 e. The third-order valence-corrected chi connectivity index (χ3v) is 7.08. The lowest BCUT2D eigenvalue weighted by Crippen LogP contribution is -2.17. The van der Waals surface area contributed by atoms with Crippen LogP contribution in [-0.4, -0.2) is 31.4 Å². The van der Waals surface area contributed by atoms with E-state index in [1.54, 1.807) is 0 Å². The number of rotatable bonds is 10. The van der Waals surface area contributed by atoms with Gasteiger partial charge in [0.15, 0.2) is 22.2 Å². The lowest BCUT2D eigenvalue weighted by Gasteiger charge is -2.18. The van der Waals surface area contributed by atoms with Crippen molar-refractivity contribution in [3.63, 3.8) is 0 Å². The van der Waals surface area contributed by atoms with Crippen LogP contribution in [0.2, 0.25) is 0 Å². The molecule has 0 aliphatic heterocycles. The number of amides is 1. The van der Waals surface area contributed by atoms with Crippen molar-refractivity contribution in [1.29, 1.82) is 0 Å². The van der Waals surface area contributed by atoms with Gasteiger partial charge in [0.1, 0.15) is 5.75 Å². The molecule has 0 radical (unpaired) electrons. The normalized spacial score (nSPS) is 12.4. The molecular weight excluding hydrogens is 454 g/mol. The first-order valence-electron chi connectivity index (χ1n) is 11.2. The topological polar surface area (TPSA) is 81.9 Å². The molecule has 1 atom stereocenters. The van der Waals surface area contributed by atoms with Crippen LogP contribution in [0.15, 0.2) is 29.4 Å². The lowest BCUT2D eigenvalue weighted by molar-refractivity contribution is -0.113. The fraction of sp³-hybridized carbons (Fsp3) is 0.500. The summed E-state index contributed by atoms with van der Waals surface area (Å²) in [6.45, 7) is 15.3. The zero-order chi connectivity index (χ0) is 24.1. The molecule has 2 aromatic heterocycles. The highest BCUT2D eigenvalue weighted by molar-refractivity contribution is 7.99. The van der Waals surface area contributed by atoms with E-state index < -0.39 is 0 Å². The molecule has 9 heteroatoms. The number of nitrogens with zero attached hydrogens (tertiary/aromatic N) is 4. The van der Waals surface area contributed by atoms with Gasteiger partial charge in [-0.2, -0.15) is 0 Å². The van der Waals surface area contributed by atoms with Crippen molar-refractivity contribution < 1.29 is 9.53 Å². The molecule has 1 aromatic carbocycles. The molecule has 1 unspecified atom stereocenters. The van der Waals surface area contributed by atoms with Crippen molar-refractivity contribution >= 4 is 34.1 Å². The molecule has 178 valence electrons. The standard InChI is InChI=1S/C24H33N5O2S2/c1-14(2)12-29-22(17(6)31-20-10-8-19(9-11-20)15(3)4)27-28-24(29)32-13-21(30)26-23-25-16(5)18(7)33-23/h8-11,14-15,17H,12-13H2,1-7H3,(H,25,26,30). The Morgan fingerprint density at radius 1 is 1.12 bits per heavy atom. The quantitative estimate of drug-likeness (QED) is 0.353. The third-order valence-electron chi connectivity index (χ3n) is 5.12. The molecule has 3 rings (SSSR count). The Balaban J connectivity index is 1.68. The number of hydrogen-bond donors (Lipinski definition) is 1. The van der Waals surface area contributed by atoms with Gasteiger partial charge in [0.2, 0.25) is 5.91 Å². The van der Waals surface area contributed by atoms with Crippen LogP contribution in [0.4, 0.5) is 5.13 Å². The van der Waals surface area contributed by atoms with Crippen molar-refractivity contribution in [3.05, 3.63) is 46.2 Å². The smallest absolute Gasteiger partial charge is 0.236 e. The first-order valence-corrected chi connectivity index (χ1v) is 13.0. The third kappa shape index (κ3) is 6.80. The van der Waals surface area contributed by atoms with Crippen LogP contribution >= 0.6 is 23.1 Å². The highest BCUT2D eigenvalue weighted by atomic mass is 32.2. The Morgan fingerprint density at radius 3 is 2.39 bits per heavy atom. The second-order valence-electron chi connectivity index (χ2n) is 8.83. The van der Waals surface area contributed by atoms with E-state index in [-0.39, 0.29) is 17.8 Å². The van der Waals surface area contributed by atoms with Crippen LogP contribution in [0.5, 0.6) is 5.75 Å². The van der Waals surface area contributed by atoms with E-state index in [1.807, 2.05) is 32.9 Å². The highest BCUT2D eigenvalue weighted by Crippen LogP contribution is 2.27. The molecule has 0 bridgehead atoms. The van der Waals surface area contributed by atoms with Crippen molar-refractivity contribution in [2.24, 2.45) is 5.92 Å². The summed E-state index contributed by atoms with van der Waals surface area (Å²) in [6, 6.07) is 8.18. The molecule has 0 saturated carbocycles. The monoisotopic (exact) mass is 487 g/mol. The Morgan fingerprint density at radius 2 is 1.82 bits per heavy atom. The SMILES string of the molecule is Cc1nc(NC(=O)CSc2nnc(C(C)Oc3ccc(C(C)C)cc3)n2CC(C)C)sc1C. The summed E-state index contributed by atoms with van der Waals surface area (Å²) in [4.78, 5) is 17.9. The zero-order valence-corrected chi connectivity index (χ0v) is 22.0. The van der Waals surface area contributed by atoms with E-state index in [4.69, 9.17) is 4.74 Å². The van der Waals surface area contributed by atoms with E-state index in [9.17, 15) is 4.79 Å². The molecule has 33 heavy (non-hydrogen) atoms. The molecule has 2 heterocycles. The predicted octanol–water partition coefficient (Wildman–Crippen LogP) is 6.00. The van der Waals surface area contributed by atoms with Gasteiger partial charge in [-0.3, -0.25) is 4.79 Å². The minimum atomic E-state index is -0.273. The number of thioether (sulfide) groups is 1. The second-order valence-corrected chi connectivity index (χ2v) is 11.0. The van der Waals surface area contributed by atoms with E-state index in [1.165, 1.54) is 28.7 Å². The van der Waals surface area contributed by atoms with E-state index in [0.29, 0.717) is 22.1 Å². The number of carbonyl (C=O) groups is 1. The molecule has 0 saturated heterocycles. The molecule has 7 nitrogen and oxygen atoms in total. The summed E-state index contributed by atoms with van der Waals surface area (Å²) in [5.74, 6) is 2.56. The fourth-order valence-electron chi connectivity index (χ4n) is 3.24. The van der Waals surface area contributed by atoms with Crippen LogP contribution in [0.3, 0.4) is 0 Å². The van der Waals surface area contributed by atoms with Gasteiger partial charge in [-0.25, -0.2) is 4.98 Å². The summed E-state index contributed by atoms with van der Waals surface area (Å²) >= 11 is 2.86. The Bertz CT molecular complexity index is 1050. The summed E-state index contributed by atoms with van der Waals surface area (Å²) in [7, 11) is 0. The van der Waals surface area contributed by atoms with Gasteiger partial charge in [0.25, 0.3) is 0 Å². The van der Waals surface area contributed by atoms with Gasteiger partial charge in [-0.15, -0.1) is 21.5 Å². The molecule has 0 spiro atoms. The molecule has 0 fully saturated rings. The number of thiazole rings is 1. The van der Waals surface area contributed by atoms with Crippen molar-refractivity contribution in [2.75, 3.05) is 11.1 Å². The van der Waals surface area contributed by atoms with Gasteiger partial charge in [-0.05, 0) is 50.3 Å². The Labute approximate surface area is 204 Å². The van der Waals surface area contributed by atoms with Crippen molar-refractivity contribution in [1.82, 2.24) is 19.7 Å². The summed E-state index contributed by atoms with van der Waals surface area (Å²) in [6.07, 6.45) is -0.273. The second kappa shape index (κ2) is 11.2. The Kier molecular flexibility index (Phi) is 8.53. The fourth-order valence-corrected chi connectivity index (χ4v) is 4.83.